The zero-order valence-corrected chi connectivity index (χ0v) is 14.7. The first kappa shape index (κ1) is 17.0. The Hall–Kier alpha value is -2.47. The van der Waals surface area contributed by atoms with Crippen molar-refractivity contribution in [2.75, 3.05) is 19.8 Å². The summed E-state index contributed by atoms with van der Waals surface area (Å²) in [6, 6.07) is 20.2. The fourth-order valence-corrected chi connectivity index (χ4v) is 3.01. The highest BCUT2D eigenvalue weighted by Gasteiger charge is 2.34. The third-order valence-electron chi connectivity index (χ3n) is 4.60. The molecule has 3 aromatic rings. The molecule has 0 amide bonds. The van der Waals surface area contributed by atoms with E-state index in [1.807, 2.05) is 55.5 Å². The van der Waals surface area contributed by atoms with Gasteiger partial charge in [-0.05, 0) is 0 Å². The monoisotopic (exact) mass is 350 g/mol. The van der Waals surface area contributed by atoms with E-state index in [9.17, 15) is 5.11 Å². The predicted octanol–water partition coefficient (Wildman–Crippen LogP) is 3.79. The maximum absolute atomic E-state index is 9.47. The van der Waals surface area contributed by atoms with Crippen molar-refractivity contribution in [3.63, 3.8) is 0 Å². The fraction of sp³-hybridized carbons (Fsp3) is 0.286. The molecule has 2 heterocycles. The van der Waals surface area contributed by atoms with Crippen LogP contribution in [0.5, 0.6) is 0 Å². The minimum Gasteiger partial charge on any atom is -0.396 e. The van der Waals surface area contributed by atoms with Crippen molar-refractivity contribution in [2.24, 2.45) is 5.41 Å². The SMILES string of the molecule is C[C@]1(CO)CO[C@@H](c2nc(-c3ccccc3)c(-c3ccccc3)[nH]2)OC1. The molecule has 1 aromatic heterocycles. The standard InChI is InChI=1S/C21H22N2O3/c1-21(12-24)13-25-20(26-14-21)19-22-17(15-8-4-2-5-9-15)18(23-19)16-10-6-3-7-11-16/h2-11,20,24H,12-14H2,1H3,(H,22,23)/t20-,21+. The van der Waals surface area contributed by atoms with Gasteiger partial charge in [0.05, 0.1) is 31.2 Å². The minimum atomic E-state index is -0.561. The van der Waals surface area contributed by atoms with Gasteiger partial charge in [0.25, 0.3) is 0 Å². The molecule has 5 heteroatoms. The van der Waals surface area contributed by atoms with Gasteiger partial charge in [-0.3, -0.25) is 0 Å². The number of aliphatic hydroxyl groups is 1. The van der Waals surface area contributed by atoms with Crippen molar-refractivity contribution >= 4 is 0 Å². The lowest BCUT2D eigenvalue weighted by Crippen LogP contribution is -2.39. The van der Waals surface area contributed by atoms with Crippen LogP contribution in [0.4, 0.5) is 0 Å². The summed E-state index contributed by atoms with van der Waals surface area (Å²) in [5.74, 6) is 0.641. The summed E-state index contributed by atoms with van der Waals surface area (Å²) in [5.41, 5.74) is 3.53. The number of hydrogen-bond acceptors (Lipinski definition) is 4. The van der Waals surface area contributed by atoms with Crippen molar-refractivity contribution in [3.8, 4) is 22.5 Å². The second-order valence-corrected chi connectivity index (χ2v) is 7.00. The Labute approximate surface area is 152 Å². The quantitative estimate of drug-likeness (QED) is 0.751. The number of nitrogens with zero attached hydrogens (tertiary/aromatic N) is 1. The molecular formula is C21H22N2O3. The summed E-state index contributed by atoms with van der Waals surface area (Å²) >= 11 is 0. The number of aromatic amines is 1. The van der Waals surface area contributed by atoms with E-state index in [-0.39, 0.29) is 12.0 Å². The van der Waals surface area contributed by atoms with Crippen molar-refractivity contribution < 1.29 is 14.6 Å². The zero-order chi connectivity index (χ0) is 18.0. The van der Waals surface area contributed by atoms with Gasteiger partial charge in [-0.1, -0.05) is 67.6 Å². The first-order valence-electron chi connectivity index (χ1n) is 8.73. The van der Waals surface area contributed by atoms with Crippen molar-refractivity contribution in [2.45, 2.75) is 13.2 Å². The van der Waals surface area contributed by atoms with Crippen LogP contribution >= 0.6 is 0 Å². The number of hydrogen-bond donors (Lipinski definition) is 2. The number of H-pyrrole nitrogens is 1. The van der Waals surface area contributed by atoms with E-state index in [4.69, 9.17) is 14.5 Å². The van der Waals surface area contributed by atoms with Crippen LogP contribution in [0.1, 0.15) is 19.0 Å². The van der Waals surface area contributed by atoms with Gasteiger partial charge in [0.1, 0.15) is 0 Å². The summed E-state index contributed by atoms with van der Waals surface area (Å²) in [7, 11) is 0. The second-order valence-electron chi connectivity index (χ2n) is 7.00. The molecule has 0 unspecified atom stereocenters. The molecule has 0 bridgehead atoms. The third kappa shape index (κ3) is 3.29. The molecule has 134 valence electrons. The summed E-state index contributed by atoms with van der Waals surface area (Å²) < 4.78 is 11.7. The molecule has 0 radical (unpaired) electrons. The van der Waals surface area contributed by atoms with Crippen molar-refractivity contribution in [1.82, 2.24) is 9.97 Å². The van der Waals surface area contributed by atoms with Crippen LogP contribution in [0.15, 0.2) is 60.7 Å². The Bertz CT molecular complexity index is 796. The van der Waals surface area contributed by atoms with Crippen LogP contribution in [-0.2, 0) is 9.47 Å². The van der Waals surface area contributed by atoms with E-state index in [1.54, 1.807) is 0 Å². The highest BCUT2D eigenvalue weighted by Crippen LogP contribution is 2.35. The van der Waals surface area contributed by atoms with Crippen LogP contribution in [0.3, 0.4) is 0 Å². The van der Waals surface area contributed by atoms with Gasteiger partial charge in [-0.25, -0.2) is 4.98 Å². The maximum Gasteiger partial charge on any atom is 0.217 e. The molecule has 26 heavy (non-hydrogen) atoms. The van der Waals surface area contributed by atoms with E-state index in [0.717, 1.165) is 22.5 Å². The number of aromatic nitrogens is 2. The van der Waals surface area contributed by atoms with Gasteiger partial charge in [-0.2, -0.15) is 0 Å². The van der Waals surface area contributed by atoms with Gasteiger partial charge >= 0.3 is 0 Å². The van der Waals surface area contributed by atoms with Crippen molar-refractivity contribution in [3.05, 3.63) is 66.5 Å². The Balaban J connectivity index is 1.71. The lowest BCUT2D eigenvalue weighted by atomic mass is 9.94. The van der Waals surface area contributed by atoms with Crippen LogP contribution in [-0.4, -0.2) is 34.9 Å². The van der Waals surface area contributed by atoms with Crippen LogP contribution in [0.2, 0.25) is 0 Å². The summed E-state index contributed by atoms with van der Waals surface area (Å²) in [6.45, 7) is 2.82. The largest absolute Gasteiger partial charge is 0.396 e. The molecule has 2 aromatic carbocycles. The van der Waals surface area contributed by atoms with E-state index in [1.165, 1.54) is 0 Å². The smallest absolute Gasteiger partial charge is 0.217 e. The molecule has 1 fully saturated rings. The number of aliphatic hydroxyl groups excluding tert-OH is 1. The van der Waals surface area contributed by atoms with E-state index < -0.39 is 6.29 Å². The van der Waals surface area contributed by atoms with Gasteiger partial charge in [0.2, 0.25) is 6.29 Å². The minimum absolute atomic E-state index is 0.0302. The molecular weight excluding hydrogens is 328 g/mol. The number of nitrogens with one attached hydrogen (secondary N) is 1. The molecule has 0 saturated carbocycles. The highest BCUT2D eigenvalue weighted by molar-refractivity contribution is 5.78. The fourth-order valence-electron chi connectivity index (χ4n) is 3.01. The van der Waals surface area contributed by atoms with Gasteiger partial charge in [0.15, 0.2) is 5.82 Å². The molecule has 4 rings (SSSR count). The van der Waals surface area contributed by atoms with Crippen LogP contribution < -0.4 is 0 Å². The van der Waals surface area contributed by atoms with E-state index in [0.29, 0.717) is 19.0 Å². The maximum atomic E-state index is 9.47. The molecule has 5 nitrogen and oxygen atoms in total. The normalized spacial score (nSPS) is 23.1. The molecule has 2 N–H and O–H groups in total. The summed E-state index contributed by atoms with van der Waals surface area (Å²) in [4.78, 5) is 8.17. The molecule has 1 saturated heterocycles. The summed E-state index contributed by atoms with van der Waals surface area (Å²) in [5, 5.41) is 9.47. The molecule has 0 atom stereocenters. The Morgan fingerprint density at radius 3 is 2.15 bits per heavy atom. The van der Waals surface area contributed by atoms with E-state index >= 15 is 0 Å². The molecule has 0 aliphatic carbocycles. The first-order valence-corrected chi connectivity index (χ1v) is 8.73. The van der Waals surface area contributed by atoms with E-state index in [2.05, 4.69) is 17.1 Å². The topological polar surface area (TPSA) is 67.4 Å². The van der Waals surface area contributed by atoms with Crippen molar-refractivity contribution in [1.29, 1.82) is 0 Å². The highest BCUT2D eigenvalue weighted by atomic mass is 16.7. The first-order chi connectivity index (χ1) is 12.7. The Morgan fingerprint density at radius 2 is 1.58 bits per heavy atom. The predicted molar refractivity (Wildman–Crippen MR) is 99.3 cm³/mol. The van der Waals surface area contributed by atoms with Crippen LogP contribution in [0.25, 0.3) is 22.5 Å². The Morgan fingerprint density at radius 1 is 1.00 bits per heavy atom. The number of imidazole rings is 1. The average molecular weight is 350 g/mol. The van der Waals surface area contributed by atoms with Gasteiger partial charge < -0.3 is 19.6 Å². The molecule has 1 aliphatic heterocycles. The number of ether oxygens (including phenoxy) is 2. The summed E-state index contributed by atoms with van der Waals surface area (Å²) in [6.07, 6.45) is -0.561. The van der Waals surface area contributed by atoms with Gasteiger partial charge in [-0.15, -0.1) is 0 Å². The third-order valence-corrected chi connectivity index (χ3v) is 4.60. The average Bonchev–Trinajstić information content (AvgIpc) is 3.15. The lowest BCUT2D eigenvalue weighted by Gasteiger charge is -2.35. The second kappa shape index (κ2) is 7.03. The lowest BCUT2D eigenvalue weighted by molar-refractivity contribution is -0.239. The molecule has 1 aliphatic rings. The van der Waals surface area contributed by atoms with Gasteiger partial charge in [0, 0.05) is 16.5 Å². The zero-order valence-electron chi connectivity index (χ0n) is 14.7. The molecule has 0 spiro atoms. The number of benzene rings is 2. The van der Waals surface area contributed by atoms with Crippen LogP contribution in [0, 0.1) is 5.41 Å². The Kier molecular flexibility index (Phi) is 4.59. The number of rotatable bonds is 4.